The highest BCUT2D eigenvalue weighted by molar-refractivity contribution is 5.68. The summed E-state index contributed by atoms with van der Waals surface area (Å²) in [7, 11) is 1.43. The number of carbonyl (C=O) groups excluding carboxylic acids is 1. The van der Waals surface area contributed by atoms with Gasteiger partial charge in [-0.3, -0.25) is 4.79 Å². The van der Waals surface area contributed by atoms with Gasteiger partial charge in [0.2, 0.25) is 0 Å². The topological polar surface area (TPSA) is 38.3 Å². The van der Waals surface area contributed by atoms with Crippen molar-refractivity contribution in [2.45, 2.75) is 57.3 Å². The van der Waals surface area contributed by atoms with E-state index in [1.165, 1.54) is 31.1 Å². The molecule has 0 bridgehead atoms. The van der Waals surface area contributed by atoms with E-state index in [0.717, 1.165) is 45.2 Å². The minimum absolute atomic E-state index is 0.130. The Hall–Kier alpha value is -1.42. The standard InChI is InChI=1S/C20H28FNO2/c1-24-19(23)5-3-2-4-15-13-20(8-10-22-11-9-20)14-16-6-7-17(21)12-18(15)16/h6-7,12,15,22H,2-5,8-11,13-14H2,1H3. The first-order chi connectivity index (χ1) is 11.6. The maximum atomic E-state index is 13.8. The Morgan fingerprint density at radius 1 is 1.33 bits per heavy atom. The Bertz CT molecular complexity index is 581. The van der Waals surface area contributed by atoms with Crippen LogP contribution in [-0.2, 0) is 16.0 Å². The second-order valence-electron chi connectivity index (χ2n) is 7.49. The van der Waals surface area contributed by atoms with Gasteiger partial charge >= 0.3 is 5.97 Å². The molecule has 1 aliphatic carbocycles. The number of piperidine rings is 1. The van der Waals surface area contributed by atoms with Gasteiger partial charge in [-0.05, 0) is 86.2 Å². The molecule has 24 heavy (non-hydrogen) atoms. The Labute approximate surface area is 144 Å². The molecule has 0 radical (unpaired) electrons. The van der Waals surface area contributed by atoms with Gasteiger partial charge < -0.3 is 10.1 Å². The quantitative estimate of drug-likeness (QED) is 0.655. The number of methoxy groups -OCH3 is 1. The molecule has 1 fully saturated rings. The van der Waals surface area contributed by atoms with Crippen LogP contribution in [0.2, 0.25) is 0 Å². The normalized spacial score (nSPS) is 22.2. The highest BCUT2D eigenvalue weighted by Gasteiger charge is 2.39. The largest absolute Gasteiger partial charge is 0.469 e. The minimum atomic E-state index is -0.139. The van der Waals surface area contributed by atoms with Crippen molar-refractivity contribution < 1.29 is 13.9 Å². The molecule has 1 N–H and O–H groups in total. The lowest BCUT2D eigenvalue weighted by atomic mass is 9.62. The summed E-state index contributed by atoms with van der Waals surface area (Å²) >= 11 is 0. The van der Waals surface area contributed by atoms with E-state index < -0.39 is 0 Å². The number of ether oxygens (including phenoxy) is 1. The minimum Gasteiger partial charge on any atom is -0.469 e. The second kappa shape index (κ2) is 7.64. The maximum absolute atomic E-state index is 13.8. The number of nitrogens with one attached hydrogen (secondary N) is 1. The van der Waals surface area contributed by atoms with Gasteiger partial charge in [-0.2, -0.15) is 0 Å². The third-order valence-electron chi connectivity index (χ3n) is 5.87. The van der Waals surface area contributed by atoms with Gasteiger partial charge in [0.25, 0.3) is 0 Å². The molecule has 4 heteroatoms. The fourth-order valence-electron chi connectivity index (χ4n) is 4.57. The zero-order chi connectivity index (χ0) is 17.0. The van der Waals surface area contributed by atoms with Gasteiger partial charge in [0.05, 0.1) is 7.11 Å². The average molecular weight is 333 g/mol. The molecule has 1 aliphatic heterocycles. The summed E-state index contributed by atoms with van der Waals surface area (Å²) in [5, 5.41) is 3.46. The summed E-state index contributed by atoms with van der Waals surface area (Å²) in [5.74, 6) is 0.148. The smallest absolute Gasteiger partial charge is 0.305 e. The summed E-state index contributed by atoms with van der Waals surface area (Å²) in [4.78, 5) is 11.3. The molecule has 1 spiro atoms. The van der Waals surface area contributed by atoms with Crippen LogP contribution >= 0.6 is 0 Å². The molecule has 0 aromatic heterocycles. The van der Waals surface area contributed by atoms with Gasteiger partial charge in [-0.15, -0.1) is 0 Å². The van der Waals surface area contributed by atoms with Gasteiger partial charge in [-0.25, -0.2) is 4.39 Å². The van der Waals surface area contributed by atoms with Crippen molar-refractivity contribution in [3.05, 3.63) is 35.1 Å². The average Bonchev–Trinajstić information content (AvgIpc) is 2.59. The zero-order valence-electron chi connectivity index (χ0n) is 14.6. The molecule has 1 saturated heterocycles. The fraction of sp³-hybridized carbons (Fsp3) is 0.650. The van der Waals surface area contributed by atoms with Crippen LogP contribution in [0.4, 0.5) is 4.39 Å². The zero-order valence-corrected chi connectivity index (χ0v) is 14.6. The summed E-state index contributed by atoms with van der Waals surface area (Å²) < 4.78 is 18.5. The number of rotatable bonds is 5. The number of esters is 1. The van der Waals surface area contributed by atoms with E-state index in [1.54, 1.807) is 12.1 Å². The van der Waals surface area contributed by atoms with Gasteiger partial charge in [0.1, 0.15) is 5.82 Å². The molecule has 1 aromatic carbocycles. The molecule has 2 aliphatic rings. The molecule has 3 rings (SSSR count). The Balaban J connectivity index is 1.71. The first-order valence-electron chi connectivity index (χ1n) is 9.18. The number of fused-ring (bicyclic) bond motifs is 1. The number of unbranched alkanes of at least 4 members (excludes halogenated alkanes) is 1. The van der Waals surface area contributed by atoms with Crippen molar-refractivity contribution in [2.24, 2.45) is 5.41 Å². The van der Waals surface area contributed by atoms with Crippen LogP contribution in [0.5, 0.6) is 0 Å². The number of hydrogen-bond acceptors (Lipinski definition) is 3. The van der Waals surface area contributed by atoms with Crippen LogP contribution in [0.25, 0.3) is 0 Å². The van der Waals surface area contributed by atoms with Crippen molar-refractivity contribution in [1.29, 1.82) is 0 Å². The molecule has 132 valence electrons. The van der Waals surface area contributed by atoms with Crippen LogP contribution < -0.4 is 5.32 Å². The van der Waals surface area contributed by atoms with Crippen molar-refractivity contribution >= 4 is 5.97 Å². The van der Waals surface area contributed by atoms with E-state index in [1.807, 2.05) is 6.07 Å². The van der Waals surface area contributed by atoms with E-state index in [2.05, 4.69) is 5.32 Å². The van der Waals surface area contributed by atoms with Crippen LogP contribution in [0.1, 0.15) is 62.0 Å². The van der Waals surface area contributed by atoms with E-state index in [0.29, 0.717) is 17.8 Å². The highest BCUT2D eigenvalue weighted by Crippen LogP contribution is 2.49. The third-order valence-corrected chi connectivity index (χ3v) is 5.87. The third kappa shape index (κ3) is 3.97. The summed E-state index contributed by atoms with van der Waals surface area (Å²) in [6.07, 6.45) is 8.01. The molecule has 1 heterocycles. The number of hydrogen-bond donors (Lipinski definition) is 1. The Morgan fingerprint density at radius 3 is 2.88 bits per heavy atom. The first kappa shape index (κ1) is 17.4. The van der Waals surface area contributed by atoms with Gasteiger partial charge in [-0.1, -0.05) is 12.5 Å². The summed E-state index contributed by atoms with van der Waals surface area (Å²) in [6, 6.07) is 5.34. The lowest BCUT2D eigenvalue weighted by Crippen LogP contribution is -2.41. The second-order valence-corrected chi connectivity index (χ2v) is 7.49. The van der Waals surface area contributed by atoms with Crippen molar-refractivity contribution in [1.82, 2.24) is 5.32 Å². The molecule has 3 nitrogen and oxygen atoms in total. The SMILES string of the molecule is COC(=O)CCCCC1CC2(CCNCC2)Cc2ccc(F)cc21. The molecule has 1 atom stereocenters. The van der Waals surface area contributed by atoms with E-state index in [4.69, 9.17) is 4.74 Å². The monoisotopic (exact) mass is 333 g/mol. The van der Waals surface area contributed by atoms with Crippen LogP contribution in [0, 0.1) is 11.2 Å². The Kier molecular flexibility index (Phi) is 5.54. The van der Waals surface area contributed by atoms with Crippen molar-refractivity contribution in [3.63, 3.8) is 0 Å². The predicted molar refractivity (Wildman–Crippen MR) is 92.5 cm³/mol. The van der Waals surface area contributed by atoms with Gasteiger partial charge in [0.15, 0.2) is 0 Å². The van der Waals surface area contributed by atoms with Crippen molar-refractivity contribution in [2.75, 3.05) is 20.2 Å². The van der Waals surface area contributed by atoms with Crippen LogP contribution in [0.15, 0.2) is 18.2 Å². The molecule has 0 saturated carbocycles. The van der Waals surface area contributed by atoms with E-state index >= 15 is 0 Å². The first-order valence-corrected chi connectivity index (χ1v) is 9.18. The highest BCUT2D eigenvalue weighted by atomic mass is 19.1. The lowest BCUT2D eigenvalue weighted by molar-refractivity contribution is -0.140. The molecule has 1 aromatic rings. The number of halogens is 1. The van der Waals surface area contributed by atoms with Crippen LogP contribution in [-0.4, -0.2) is 26.2 Å². The van der Waals surface area contributed by atoms with Crippen molar-refractivity contribution in [3.8, 4) is 0 Å². The summed E-state index contributed by atoms with van der Waals surface area (Å²) in [6.45, 7) is 2.18. The van der Waals surface area contributed by atoms with Crippen LogP contribution in [0.3, 0.4) is 0 Å². The predicted octanol–water partition coefficient (Wildman–Crippen LogP) is 3.96. The number of carbonyl (C=O) groups is 1. The molecular formula is C20H28FNO2. The van der Waals surface area contributed by atoms with E-state index in [9.17, 15) is 9.18 Å². The Morgan fingerprint density at radius 2 is 2.12 bits per heavy atom. The fourth-order valence-corrected chi connectivity index (χ4v) is 4.57. The lowest BCUT2D eigenvalue weighted by Gasteiger charge is -2.45. The van der Waals surface area contributed by atoms with E-state index in [-0.39, 0.29) is 11.8 Å². The van der Waals surface area contributed by atoms with Gasteiger partial charge in [0, 0.05) is 6.42 Å². The molecular weight excluding hydrogens is 305 g/mol. The number of benzene rings is 1. The summed E-state index contributed by atoms with van der Waals surface area (Å²) in [5.41, 5.74) is 2.92. The maximum Gasteiger partial charge on any atom is 0.305 e. The molecule has 0 amide bonds. The molecule has 1 unspecified atom stereocenters.